The number of benzene rings is 6. The summed E-state index contributed by atoms with van der Waals surface area (Å²) in [6, 6.07) is 47.6. The maximum atomic E-state index is 7.40. The van der Waals surface area contributed by atoms with Crippen LogP contribution in [0.4, 0.5) is 0 Å². The number of rotatable bonds is 6. The average molecular weight is 551 g/mol. The first-order valence-corrected chi connectivity index (χ1v) is 14.5. The summed E-state index contributed by atoms with van der Waals surface area (Å²) in [5, 5.41) is 14.8. The molecule has 0 radical (unpaired) electrons. The number of nitrogens with zero attached hydrogens (tertiary/aromatic N) is 1. The van der Waals surface area contributed by atoms with Gasteiger partial charge in [0.05, 0.1) is 11.4 Å². The molecule has 0 bridgehead atoms. The summed E-state index contributed by atoms with van der Waals surface area (Å²) in [5.41, 5.74) is 9.48. The summed E-state index contributed by atoms with van der Waals surface area (Å²) in [4.78, 5) is 4.94. The highest BCUT2D eigenvalue weighted by atomic mass is 14.7. The van der Waals surface area contributed by atoms with Gasteiger partial charge in [0, 0.05) is 11.8 Å². The number of hydrogen-bond acceptors (Lipinski definition) is 2. The van der Waals surface area contributed by atoms with Crippen LogP contribution in [0.5, 0.6) is 0 Å². The normalized spacial score (nSPS) is 11.7. The van der Waals surface area contributed by atoms with Crippen molar-refractivity contribution in [3.63, 3.8) is 0 Å². The van der Waals surface area contributed by atoms with Gasteiger partial charge in [0.15, 0.2) is 0 Å². The topological polar surface area (TPSA) is 36.7 Å². The first kappa shape index (κ1) is 26.3. The van der Waals surface area contributed by atoms with E-state index in [1.54, 1.807) is 6.08 Å². The Morgan fingerprint density at radius 1 is 0.581 bits per heavy atom. The predicted molar refractivity (Wildman–Crippen MR) is 185 cm³/mol. The van der Waals surface area contributed by atoms with Crippen LogP contribution in [-0.4, -0.2) is 11.2 Å². The SMILES string of the molecule is C=C(/C(C)=C\C=N)c1cccc(-c2ccc3ccc(-c4c5ccccc5c(-c5ccccc5)c5ccccc45)cc3c2)n1. The number of nitrogens with one attached hydrogen (secondary N) is 1. The monoisotopic (exact) mass is 550 g/mol. The molecule has 2 heteroatoms. The lowest BCUT2D eigenvalue weighted by molar-refractivity contribution is 1.27. The van der Waals surface area contributed by atoms with Gasteiger partial charge in [-0.1, -0.05) is 116 Å². The molecule has 0 amide bonds. The molecule has 0 aliphatic carbocycles. The van der Waals surface area contributed by atoms with Gasteiger partial charge in [-0.3, -0.25) is 0 Å². The van der Waals surface area contributed by atoms with E-state index < -0.39 is 0 Å². The number of fused-ring (bicyclic) bond motifs is 3. The van der Waals surface area contributed by atoms with E-state index in [0.717, 1.165) is 28.1 Å². The van der Waals surface area contributed by atoms with Crippen molar-refractivity contribution in [2.24, 2.45) is 0 Å². The molecule has 0 unspecified atom stereocenters. The Hall–Kier alpha value is -5.60. The molecule has 0 atom stereocenters. The molecule has 0 spiro atoms. The van der Waals surface area contributed by atoms with E-state index in [0.29, 0.717) is 0 Å². The molecule has 204 valence electrons. The van der Waals surface area contributed by atoms with Gasteiger partial charge < -0.3 is 5.41 Å². The second-order valence-corrected chi connectivity index (χ2v) is 10.9. The fourth-order valence-corrected chi connectivity index (χ4v) is 6.11. The molecule has 6 aromatic carbocycles. The molecule has 0 saturated heterocycles. The molecule has 43 heavy (non-hydrogen) atoms. The molecule has 1 aromatic heterocycles. The van der Waals surface area contributed by atoms with Crippen LogP contribution in [0.2, 0.25) is 0 Å². The predicted octanol–water partition coefficient (Wildman–Crippen LogP) is 11.2. The number of aromatic nitrogens is 1. The molecule has 0 fully saturated rings. The van der Waals surface area contributed by atoms with Gasteiger partial charge in [0.1, 0.15) is 0 Å². The first-order valence-electron chi connectivity index (χ1n) is 14.5. The third-order valence-corrected chi connectivity index (χ3v) is 8.29. The second kappa shape index (κ2) is 11.0. The van der Waals surface area contributed by atoms with Crippen LogP contribution in [0.25, 0.3) is 71.4 Å². The van der Waals surface area contributed by atoms with Gasteiger partial charge in [0.2, 0.25) is 0 Å². The van der Waals surface area contributed by atoms with Gasteiger partial charge in [-0.15, -0.1) is 0 Å². The van der Waals surface area contributed by atoms with Crippen LogP contribution in [0.15, 0.2) is 152 Å². The zero-order valence-corrected chi connectivity index (χ0v) is 24.0. The minimum atomic E-state index is 0.818. The summed E-state index contributed by atoms with van der Waals surface area (Å²) in [6.45, 7) is 6.17. The van der Waals surface area contributed by atoms with Crippen LogP contribution in [-0.2, 0) is 0 Å². The van der Waals surface area contributed by atoms with E-state index in [1.165, 1.54) is 60.8 Å². The number of allylic oxidation sites excluding steroid dienone is 3. The van der Waals surface area contributed by atoms with E-state index in [4.69, 9.17) is 10.4 Å². The fraction of sp³-hybridized carbons (Fsp3) is 0.0244. The van der Waals surface area contributed by atoms with Crippen LogP contribution in [0, 0.1) is 5.41 Å². The standard InChI is InChI=1S/C41H30N2/c1-27(23-24-42)28(2)38-17-10-18-39(43-38)31-21-19-29-20-22-32(26-33(29)25-31)41-36-15-8-6-13-34(36)40(30-11-4-3-5-12-30)35-14-7-9-16-37(35)41/h3-26,42H,2H2,1H3/b27-23-,42-24?. The second-order valence-electron chi connectivity index (χ2n) is 10.9. The third kappa shape index (κ3) is 4.73. The fourth-order valence-electron chi connectivity index (χ4n) is 6.11. The Balaban J connectivity index is 1.41. The molecular weight excluding hydrogens is 520 g/mol. The first-order chi connectivity index (χ1) is 21.1. The van der Waals surface area contributed by atoms with Crippen molar-refractivity contribution >= 4 is 44.1 Å². The third-order valence-electron chi connectivity index (χ3n) is 8.29. The summed E-state index contributed by atoms with van der Waals surface area (Å²) in [7, 11) is 0. The van der Waals surface area contributed by atoms with Gasteiger partial charge in [0.25, 0.3) is 0 Å². The van der Waals surface area contributed by atoms with Gasteiger partial charge >= 0.3 is 0 Å². The van der Waals surface area contributed by atoms with Crippen LogP contribution < -0.4 is 0 Å². The van der Waals surface area contributed by atoms with Crippen molar-refractivity contribution in [2.45, 2.75) is 6.92 Å². The van der Waals surface area contributed by atoms with Crippen molar-refractivity contribution in [3.8, 4) is 33.5 Å². The maximum Gasteiger partial charge on any atom is 0.0709 e. The minimum absolute atomic E-state index is 0.818. The summed E-state index contributed by atoms with van der Waals surface area (Å²) < 4.78 is 0. The molecule has 0 aliphatic rings. The highest BCUT2D eigenvalue weighted by molar-refractivity contribution is 6.21. The Labute approximate surface area is 251 Å². The van der Waals surface area contributed by atoms with E-state index in [1.807, 2.05) is 25.1 Å². The van der Waals surface area contributed by atoms with E-state index in [-0.39, 0.29) is 0 Å². The lowest BCUT2D eigenvalue weighted by Crippen LogP contribution is -1.93. The van der Waals surface area contributed by atoms with E-state index >= 15 is 0 Å². The Kier molecular flexibility index (Phi) is 6.73. The Morgan fingerprint density at radius 3 is 1.77 bits per heavy atom. The van der Waals surface area contributed by atoms with E-state index in [9.17, 15) is 0 Å². The summed E-state index contributed by atoms with van der Waals surface area (Å²) in [5.74, 6) is 0. The van der Waals surface area contributed by atoms with E-state index in [2.05, 4.69) is 122 Å². The lowest BCUT2D eigenvalue weighted by atomic mass is 9.85. The van der Waals surface area contributed by atoms with Crippen molar-refractivity contribution in [2.75, 3.05) is 0 Å². The summed E-state index contributed by atoms with van der Waals surface area (Å²) in [6.07, 6.45) is 3.03. The minimum Gasteiger partial charge on any atom is -0.309 e. The molecule has 7 aromatic rings. The smallest absolute Gasteiger partial charge is 0.0709 e. The molecular formula is C41H30N2. The Morgan fingerprint density at radius 2 is 1.14 bits per heavy atom. The van der Waals surface area contributed by atoms with Gasteiger partial charge in [-0.05, 0) is 103 Å². The van der Waals surface area contributed by atoms with Crippen LogP contribution in [0.3, 0.4) is 0 Å². The molecule has 1 N–H and O–H groups in total. The maximum absolute atomic E-state index is 7.40. The number of pyridine rings is 1. The highest BCUT2D eigenvalue weighted by Crippen LogP contribution is 2.44. The van der Waals surface area contributed by atoms with Gasteiger partial charge in [-0.25, -0.2) is 4.98 Å². The molecule has 2 nitrogen and oxygen atoms in total. The van der Waals surface area contributed by atoms with Crippen molar-refractivity contribution < 1.29 is 0 Å². The molecule has 1 heterocycles. The molecule has 0 aliphatic heterocycles. The van der Waals surface area contributed by atoms with Crippen LogP contribution >= 0.6 is 0 Å². The Bertz CT molecular complexity index is 2160. The van der Waals surface area contributed by atoms with Crippen LogP contribution in [0.1, 0.15) is 12.6 Å². The average Bonchev–Trinajstić information content (AvgIpc) is 3.06. The number of hydrogen-bond donors (Lipinski definition) is 1. The van der Waals surface area contributed by atoms with Crippen molar-refractivity contribution in [3.05, 3.63) is 157 Å². The lowest BCUT2D eigenvalue weighted by Gasteiger charge is -2.18. The molecule has 0 saturated carbocycles. The van der Waals surface area contributed by atoms with Crippen molar-refractivity contribution in [1.82, 2.24) is 4.98 Å². The zero-order valence-electron chi connectivity index (χ0n) is 24.0. The largest absolute Gasteiger partial charge is 0.309 e. The quantitative estimate of drug-likeness (QED) is 0.125. The zero-order chi connectivity index (χ0) is 29.3. The van der Waals surface area contributed by atoms with Crippen molar-refractivity contribution in [1.29, 1.82) is 5.41 Å². The highest BCUT2D eigenvalue weighted by Gasteiger charge is 2.16. The van der Waals surface area contributed by atoms with Gasteiger partial charge in [-0.2, -0.15) is 0 Å². The summed E-state index contributed by atoms with van der Waals surface area (Å²) >= 11 is 0. The molecule has 7 rings (SSSR count).